The number of rotatable bonds is 4. The topological polar surface area (TPSA) is 33.1 Å². The van der Waals surface area contributed by atoms with E-state index in [4.69, 9.17) is 0 Å². The van der Waals surface area contributed by atoms with E-state index in [1.54, 1.807) is 11.8 Å². The molecular formula is C7H11NOS2. The molecule has 1 rings (SSSR count). The minimum Gasteiger partial charge on any atom is -0.386 e. The summed E-state index contributed by atoms with van der Waals surface area (Å²) < 4.78 is 4.05. The largest absolute Gasteiger partial charge is 0.386 e. The van der Waals surface area contributed by atoms with Crippen LogP contribution in [0.4, 0.5) is 0 Å². The van der Waals surface area contributed by atoms with Crippen LogP contribution in [-0.2, 0) is 0 Å². The molecule has 11 heavy (non-hydrogen) atoms. The maximum Gasteiger partial charge on any atom is 0.106 e. The van der Waals surface area contributed by atoms with Gasteiger partial charge >= 0.3 is 0 Å². The van der Waals surface area contributed by atoms with Gasteiger partial charge in [-0.3, -0.25) is 0 Å². The predicted octanol–water partition coefficient (Wildman–Crippen LogP) is 1.93. The van der Waals surface area contributed by atoms with Crippen molar-refractivity contribution in [1.82, 2.24) is 4.37 Å². The van der Waals surface area contributed by atoms with Crippen molar-refractivity contribution in [1.29, 1.82) is 0 Å². The second kappa shape index (κ2) is 4.74. The van der Waals surface area contributed by atoms with E-state index in [0.717, 1.165) is 17.2 Å². The molecule has 0 aliphatic carbocycles. The van der Waals surface area contributed by atoms with Crippen LogP contribution in [0.15, 0.2) is 11.4 Å². The number of nitrogens with zero attached hydrogens (tertiary/aromatic N) is 1. The van der Waals surface area contributed by atoms with Crippen molar-refractivity contribution in [3.8, 4) is 0 Å². The molecule has 1 atom stereocenters. The molecule has 0 aliphatic rings. The number of hydrogen-bond donors (Lipinski definition) is 1. The summed E-state index contributed by atoms with van der Waals surface area (Å²) in [5.74, 6) is 1.79. The zero-order valence-corrected chi connectivity index (χ0v) is 7.99. The Hall–Kier alpha value is -0.0600. The molecule has 0 aromatic carbocycles. The lowest BCUT2D eigenvalue weighted by atomic mass is 10.3. The zero-order valence-electron chi connectivity index (χ0n) is 6.36. The van der Waals surface area contributed by atoms with E-state index in [1.807, 2.05) is 11.4 Å². The third-order valence-corrected chi connectivity index (χ3v) is 2.81. The highest BCUT2D eigenvalue weighted by Gasteiger charge is 2.07. The summed E-state index contributed by atoms with van der Waals surface area (Å²) in [4.78, 5) is 0. The molecular weight excluding hydrogens is 178 g/mol. The van der Waals surface area contributed by atoms with Gasteiger partial charge in [-0.1, -0.05) is 6.92 Å². The van der Waals surface area contributed by atoms with Crippen LogP contribution >= 0.6 is 23.3 Å². The molecule has 0 spiro atoms. The summed E-state index contributed by atoms with van der Waals surface area (Å²) in [5.41, 5.74) is 0.802. The predicted molar refractivity (Wildman–Crippen MR) is 50.1 cm³/mol. The van der Waals surface area contributed by atoms with Crippen molar-refractivity contribution in [2.24, 2.45) is 0 Å². The first-order chi connectivity index (χ1) is 5.34. The van der Waals surface area contributed by atoms with Crippen molar-refractivity contribution in [3.63, 3.8) is 0 Å². The monoisotopic (exact) mass is 189 g/mol. The van der Waals surface area contributed by atoms with Crippen LogP contribution < -0.4 is 0 Å². The highest BCUT2D eigenvalue weighted by molar-refractivity contribution is 7.99. The zero-order chi connectivity index (χ0) is 8.10. The van der Waals surface area contributed by atoms with E-state index in [-0.39, 0.29) is 6.10 Å². The average Bonchev–Trinajstić information content (AvgIpc) is 2.52. The Morgan fingerprint density at radius 3 is 3.18 bits per heavy atom. The first-order valence-electron chi connectivity index (χ1n) is 3.50. The van der Waals surface area contributed by atoms with Crippen LogP contribution in [0.25, 0.3) is 0 Å². The fraction of sp³-hybridized carbons (Fsp3) is 0.571. The first-order valence-corrected chi connectivity index (χ1v) is 5.49. The lowest BCUT2D eigenvalue weighted by Crippen LogP contribution is -2.00. The van der Waals surface area contributed by atoms with Crippen LogP contribution in [-0.4, -0.2) is 21.0 Å². The summed E-state index contributed by atoms with van der Waals surface area (Å²) >= 11 is 3.11. The van der Waals surface area contributed by atoms with Gasteiger partial charge in [-0.25, -0.2) is 0 Å². The molecule has 0 saturated heterocycles. The summed E-state index contributed by atoms with van der Waals surface area (Å²) in [6.07, 6.45) is -0.383. The number of thioether (sulfide) groups is 1. The van der Waals surface area contributed by atoms with Gasteiger partial charge in [-0.2, -0.15) is 16.1 Å². The van der Waals surface area contributed by atoms with Crippen LogP contribution in [0, 0.1) is 0 Å². The fourth-order valence-electron chi connectivity index (χ4n) is 0.709. The van der Waals surface area contributed by atoms with Crippen molar-refractivity contribution >= 4 is 23.3 Å². The summed E-state index contributed by atoms with van der Waals surface area (Å²) in [6.45, 7) is 2.08. The van der Waals surface area contributed by atoms with Crippen LogP contribution in [0.3, 0.4) is 0 Å². The van der Waals surface area contributed by atoms with Gasteiger partial charge in [0.1, 0.15) is 6.10 Å². The number of aliphatic hydroxyl groups excluding tert-OH is 1. The molecule has 4 heteroatoms. The van der Waals surface area contributed by atoms with Crippen LogP contribution in [0.1, 0.15) is 18.7 Å². The normalized spacial score (nSPS) is 13.3. The smallest absolute Gasteiger partial charge is 0.106 e. The van der Waals surface area contributed by atoms with E-state index in [1.165, 1.54) is 11.5 Å². The Morgan fingerprint density at radius 2 is 2.64 bits per heavy atom. The third-order valence-electron chi connectivity index (χ3n) is 1.28. The molecule has 1 aromatic heterocycles. The van der Waals surface area contributed by atoms with Crippen molar-refractivity contribution < 1.29 is 5.11 Å². The molecule has 0 fully saturated rings. The second-order valence-corrected chi connectivity index (χ2v) is 4.08. The van der Waals surface area contributed by atoms with Gasteiger partial charge in [0.25, 0.3) is 0 Å². The van der Waals surface area contributed by atoms with Gasteiger partial charge in [-0.15, -0.1) is 0 Å². The van der Waals surface area contributed by atoms with Gasteiger partial charge in [-0.05, 0) is 23.4 Å². The lowest BCUT2D eigenvalue weighted by Gasteiger charge is -2.04. The average molecular weight is 189 g/mol. The molecule has 1 aromatic rings. The van der Waals surface area contributed by atoms with Crippen LogP contribution in [0.2, 0.25) is 0 Å². The Labute approximate surface area is 74.8 Å². The molecule has 0 saturated carbocycles. The van der Waals surface area contributed by atoms with Gasteiger partial charge < -0.3 is 5.11 Å². The van der Waals surface area contributed by atoms with E-state index < -0.39 is 0 Å². The molecule has 1 heterocycles. The SMILES string of the molecule is CCSCC(O)c1ccsn1. The Morgan fingerprint density at radius 1 is 1.82 bits per heavy atom. The van der Waals surface area contributed by atoms with Gasteiger partial charge in [0, 0.05) is 11.1 Å². The van der Waals surface area contributed by atoms with Gasteiger partial charge in [0.15, 0.2) is 0 Å². The molecule has 1 unspecified atom stereocenters. The van der Waals surface area contributed by atoms with Crippen LogP contribution in [0.5, 0.6) is 0 Å². The first kappa shape index (κ1) is 9.03. The molecule has 0 amide bonds. The standard InChI is InChI=1S/C7H11NOS2/c1-2-10-5-7(9)6-3-4-11-8-6/h3-4,7,9H,2,5H2,1H3. The summed E-state index contributed by atoms with van der Waals surface area (Å²) in [7, 11) is 0. The Balaban J connectivity index is 2.36. The Kier molecular flexibility index (Phi) is 3.90. The number of hydrogen-bond acceptors (Lipinski definition) is 4. The van der Waals surface area contributed by atoms with E-state index in [2.05, 4.69) is 11.3 Å². The molecule has 0 bridgehead atoms. The second-order valence-electron chi connectivity index (χ2n) is 2.10. The summed E-state index contributed by atoms with van der Waals surface area (Å²) in [6, 6.07) is 1.87. The minimum absolute atomic E-state index is 0.383. The van der Waals surface area contributed by atoms with Crippen molar-refractivity contribution in [2.75, 3.05) is 11.5 Å². The molecule has 0 radical (unpaired) electrons. The van der Waals surface area contributed by atoms with E-state index >= 15 is 0 Å². The lowest BCUT2D eigenvalue weighted by molar-refractivity contribution is 0.200. The number of aromatic nitrogens is 1. The molecule has 0 aliphatic heterocycles. The molecule has 62 valence electrons. The molecule has 1 N–H and O–H groups in total. The van der Waals surface area contributed by atoms with Gasteiger partial charge in [0.2, 0.25) is 0 Å². The van der Waals surface area contributed by atoms with E-state index in [0.29, 0.717) is 0 Å². The maximum atomic E-state index is 9.46. The van der Waals surface area contributed by atoms with Crippen molar-refractivity contribution in [2.45, 2.75) is 13.0 Å². The Bertz CT molecular complexity index is 188. The van der Waals surface area contributed by atoms with E-state index in [9.17, 15) is 5.11 Å². The molecule has 2 nitrogen and oxygen atoms in total. The summed E-state index contributed by atoms with van der Waals surface area (Å²) in [5, 5.41) is 11.3. The highest BCUT2D eigenvalue weighted by Crippen LogP contribution is 2.16. The van der Waals surface area contributed by atoms with Gasteiger partial charge in [0.05, 0.1) is 5.69 Å². The van der Waals surface area contributed by atoms with Crippen molar-refractivity contribution in [3.05, 3.63) is 17.1 Å². The minimum atomic E-state index is -0.383. The third kappa shape index (κ3) is 2.81. The fourth-order valence-corrected chi connectivity index (χ4v) is 1.90. The highest BCUT2D eigenvalue weighted by atomic mass is 32.2. The maximum absolute atomic E-state index is 9.46. The number of aliphatic hydroxyl groups is 1. The quantitative estimate of drug-likeness (QED) is 0.785.